The molecular weight excluding hydrogens is 319 g/mol. The average molecular weight is 343 g/mol. The van der Waals surface area contributed by atoms with E-state index in [0.717, 1.165) is 22.5 Å². The number of halogens is 2. The first-order valence-electron chi connectivity index (χ1n) is 7.49. The van der Waals surface area contributed by atoms with Crippen LogP contribution in [0.4, 0.5) is 4.39 Å². The van der Waals surface area contributed by atoms with Gasteiger partial charge in [-0.2, -0.15) is 0 Å². The number of hydrogen-bond donors (Lipinski definition) is 1. The van der Waals surface area contributed by atoms with Crippen LogP contribution in [0.25, 0.3) is 0 Å². The van der Waals surface area contributed by atoms with Crippen molar-refractivity contribution in [3.8, 4) is 0 Å². The molecule has 0 aliphatic carbocycles. The zero-order valence-corrected chi connectivity index (χ0v) is 13.9. The molecule has 1 fully saturated rings. The molecular formula is C16H24BrFN2. The third kappa shape index (κ3) is 4.27. The lowest BCUT2D eigenvalue weighted by atomic mass is 9.90. The summed E-state index contributed by atoms with van der Waals surface area (Å²) in [5.41, 5.74) is 0.989. The zero-order valence-electron chi connectivity index (χ0n) is 12.3. The highest BCUT2D eigenvalue weighted by Crippen LogP contribution is 2.22. The van der Waals surface area contributed by atoms with Crippen molar-refractivity contribution >= 4 is 15.9 Å². The highest BCUT2D eigenvalue weighted by atomic mass is 79.9. The van der Waals surface area contributed by atoms with Crippen molar-refractivity contribution in [2.75, 3.05) is 19.6 Å². The Morgan fingerprint density at radius 3 is 2.75 bits per heavy atom. The molecule has 0 aromatic heterocycles. The van der Waals surface area contributed by atoms with Crippen LogP contribution < -0.4 is 5.32 Å². The maximum atomic E-state index is 13.3. The number of piperidine rings is 1. The van der Waals surface area contributed by atoms with Gasteiger partial charge in [-0.15, -0.1) is 0 Å². The average Bonchev–Trinajstić information content (AvgIpc) is 2.48. The second-order valence-electron chi connectivity index (χ2n) is 5.68. The smallest absolute Gasteiger partial charge is 0.123 e. The third-order valence-corrected chi connectivity index (χ3v) is 5.18. The van der Waals surface area contributed by atoms with E-state index in [1.807, 2.05) is 0 Å². The lowest BCUT2D eigenvalue weighted by molar-refractivity contribution is 0.168. The van der Waals surface area contributed by atoms with E-state index in [-0.39, 0.29) is 5.82 Å². The minimum Gasteiger partial charge on any atom is -0.310 e. The van der Waals surface area contributed by atoms with Gasteiger partial charge in [-0.05, 0) is 69.1 Å². The van der Waals surface area contributed by atoms with Gasteiger partial charge in [-0.3, -0.25) is 0 Å². The molecule has 1 heterocycles. The van der Waals surface area contributed by atoms with E-state index in [2.05, 4.69) is 40.0 Å². The van der Waals surface area contributed by atoms with Crippen molar-refractivity contribution in [3.63, 3.8) is 0 Å². The Morgan fingerprint density at radius 1 is 1.40 bits per heavy atom. The summed E-state index contributed by atoms with van der Waals surface area (Å²) in [5.74, 6) is 0.555. The monoisotopic (exact) mass is 342 g/mol. The van der Waals surface area contributed by atoms with Gasteiger partial charge in [-0.25, -0.2) is 4.39 Å². The molecule has 1 aliphatic rings. The molecule has 1 aromatic carbocycles. The normalized spacial score (nSPS) is 19.2. The van der Waals surface area contributed by atoms with E-state index in [1.54, 1.807) is 12.1 Å². The van der Waals surface area contributed by atoms with Gasteiger partial charge in [0.25, 0.3) is 0 Å². The van der Waals surface area contributed by atoms with Crippen molar-refractivity contribution in [2.45, 2.75) is 39.3 Å². The van der Waals surface area contributed by atoms with Crippen molar-refractivity contribution < 1.29 is 4.39 Å². The highest BCUT2D eigenvalue weighted by Gasteiger charge is 2.22. The summed E-state index contributed by atoms with van der Waals surface area (Å²) in [6, 6.07) is 5.33. The van der Waals surface area contributed by atoms with Crippen LogP contribution in [0, 0.1) is 11.7 Å². The topological polar surface area (TPSA) is 15.3 Å². The SMILES string of the molecule is CCN1CCC(C(C)NCc2cc(F)ccc2Br)CC1. The standard InChI is InChI=1S/C16H24BrFN2/c1-3-20-8-6-13(7-9-20)12(2)19-11-14-10-15(18)4-5-16(14)17/h4-5,10,12-13,19H,3,6-9,11H2,1-2H3. The maximum Gasteiger partial charge on any atom is 0.123 e. The predicted octanol–water partition coefficient (Wildman–Crippen LogP) is 3.80. The molecule has 1 aromatic rings. The molecule has 4 heteroatoms. The van der Waals surface area contributed by atoms with E-state index in [0.29, 0.717) is 12.6 Å². The van der Waals surface area contributed by atoms with Crippen molar-refractivity contribution in [2.24, 2.45) is 5.92 Å². The minimum atomic E-state index is -0.172. The summed E-state index contributed by atoms with van der Waals surface area (Å²) in [6.07, 6.45) is 2.51. The van der Waals surface area contributed by atoms with Gasteiger partial charge in [0.1, 0.15) is 5.82 Å². The molecule has 0 bridgehead atoms. The summed E-state index contributed by atoms with van der Waals surface area (Å²) in [4.78, 5) is 2.51. The molecule has 20 heavy (non-hydrogen) atoms. The largest absolute Gasteiger partial charge is 0.310 e. The van der Waals surface area contributed by atoms with Crippen molar-refractivity contribution in [3.05, 3.63) is 34.1 Å². The molecule has 1 saturated heterocycles. The number of likely N-dealkylation sites (tertiary alicyclic amines) is 1. The number of benzene rings is 1. The Bertz CT molecular complexity index is 430. The molecule has 1 aliphatic heterocycles. The Hall–Kier alpha value is -0.450. The Morgan fingerprint density at radius 2 is 2.10 bits per heavy atom. The van der Waals surface area contributed by atoms with Crippen LogP contribution >= 0.6 is 15.9 Å². The Labute approximate surface area is 129 Å². The number of hydrogen-bond acceptors (Lipinski definition) is 2. The van der Waals surface area contributed by atoms with Gasteiger partial charge in [0.05, 0.1) is 0 Å². The summed E-state index contributed by atoms with van der Waals surface area (Å²) in [5, 5.41) is 3.55. The number of nitrogens with zero attached hydrogens (tertiary/aromatic N) is 1. The van der Waals surface area contributed by atoms with E-state index in [4.69, 9.17) is 0 Å². The molecule has 1 atom stereocenters. The fourth-order valence-corrected chi connectivity index (χ4v) is 3.27. The van der Waals surface area contributed by atoms with Crippen molar-refractivity contribution in [1.82, 2.24) is 10.2 Å². The predicted molar refractivity (Wildman–Crippen MR) is 85.2 cm³/mol. The highest BCUT2D eigenvalue weighted by molar-refractivity contribution is 9.10. The number of rotatable bonds is 5. The van der Waals surface area contributed by atoms with Gasteiger partial charge in [0, 0.05) is 17.1 Å². The van der Waals surface area contributed by atoms with Crippen LogP contribution in [0.5, 0.6) is 0 Å². The zero-order chi connectivity index (χ0) is 14.5. The van der Waals surface area contributed by atoms with Gasteiger partial charge >= 0.3 is 0 Å². The molecule has 0 radical (unpaired) electrons. The molecule has 0 amide bonds. The van der Waals surface area contributed by atoms with E-state index < -0.39 is 0 Å². The van der Waals surface area contributed by atoms with Crippen LogP contribution in [-0.2, 0) is 6.54 Å². The van der Waals surface area contributed by atoms with E-state index in [9.17, 15) is 4.39 Å². The van der Waals surface area contributed by atoms with Crippen LogP contribution in [0.2, 0.25) is 0 Å². The minimum absolute atomic E-state index is 0.172. The molecule has 2 nitrogen and oxygen atoms in total. The Balaban J connectivity index is 1.83. The first-order valence-corrected chi connectivity index (χ1v) is 8.29. The molecule has 0 spiro atoms. The van der Waals surface area contributed by atoms with E-state index in [1.165, 1.54) is 32.0 Å². The second kappa shape index (κ2) is 7.53. The lowest BCUT2D eigenvalue weighted by Gasteiger charge is -2.34. The fourth-order valence-electron chi connectivity index (χ4n) is 2.89. The summed E-state index contributed by atoms with van der Waals surface area (Å²) >= 11 is 3.48. The van der Waals surface area contributed by atoms with E-state index >= 15 is 0 Å². The molecule has 112 valence electrons. The second-order valence-corrected chi connectivity index (χ2v) is 6.53. The molecule has 2 rings (SSSR count). The van der Waals surface area contributed by atoms with Crippen LogP contribution in [-0.4, -0.2) is 30.6 Å². The summed E-state index contributed by atoms with van der Waals surface area (Å²) < 4.78 is 14.2. The van der Waals surface area contributed by atoms with Crippen LogP contribution in [0.3, 0.4) is 0 Å². The maximum absolute atomic E-state index is 13.3. The molecule has 1 unspecified atom stereocenters. The number of nitrogens with one attached hydrogen (secondary N) is 1. The lowest BCUT2D eigenvalue weighted by Crippen LogP contribution is -2.41. The van der Waals surface area contributed by atoms with Gasteiger partial charge < -0.3 is 10.2 Å². The summed E-state index contributed by atoms with van der Waals surface area (Å²) in [6.45, 7) is 8.76. The first kappa shape index (κ1) is 15.9. The third-order valence-electron chi connectivity index (χ3n) is 4.41. The summed E-state index contributed by atoms with van der Waals surface area (Å²) in [7, 11) is 0. The molecule has 0 saturated carbocycles. The van der Waals surface area contributed by atoms with Crippen LogP contribution in [0.15, 0.2) is 22.7 Å². The Kier molecular flexibility index (Phi) is 6.00. The first-order chi connectivity index (χ1) is 9.60. The van der Waals surface area contributed by atoms with Gasteiger partial charge in [0.2, 0.25) is 0 Å². The fraction of sp³-hybridized carbons (Fsp3) is 0.625. The van der Waals surface area contributed by atoms with Crippen LogP contribution in [0.1, 0.15) is 32.3 Å². The van der Waals surface area contributed by atoms with Gasteiger partial charge in [-0.1, -0.05) is 22.9 Å². The molecule has 1 N–H and O–H groups in total. The quantitative estimate of drug-likeness (QED) is 0.875. The van der Waals surface area contributed by atoms with Crippen molar-refractivity contribution in [1.29, 1.82) is 0 Å². The van der Waals surface area contributed by atoms with Gasteiger partial charge in [0.15, 0.2) is 0 Å².